The van der Waals surface area contributed by atoms with Crippen LogP contribution in [0.5, 0.6) is 5.75 Å². The number of carboxylic acids is 1. The molecule has 0 bridgehead atoms. The second kappa shape index (κ2) is 11.1. The molecule has 0 saturated carbocycles. The summed E-state index contributed by atoms with van der Waals surface area (Å²) in [5.41, 5.74) is 0.709. The number of benzene rings is 1. The maximum Gasteiger partial charge on any atom is 0.303 e. The highest BCUT2D eigenvalue weighted by atomic mass is 16.5. The molecule has 2 rings (SSSR count). The first-order chi connectivity index (χ1) is 13.1. The number of aliphatic hydroxyl groups excluding tert-OH is 1. The van der Waals surface area contributed by atoms with Crippen molar-refractivity contribution in [3.63, 3.8) is 0 Å². The molecule has 27 heavy (non-hydrogen) atoms. The first-order valence-corrected chi connectivity index (χ1v) is 9.25. The summed E-state index contributed by atoms with van der Waals surface area (Å²) in [5.74, 6) is -0.221. The van der Waals surface area contributed by atoms with E-state index >= 15 is 0 Å². The number of aliphatic hydroxyl groups is 1. The van der Waals surface area contributed by atoms with E-state index < -0.39 is 12.1 Å². The normalized spacial score (nSPS) is 19.1. The topological polar surface area (TPSA) is 83.8 Å². The molecule has 0 spiro atoms. The summed E-state index contributed by atoms with van der Waals surface area (Å²) in [6.07, 6.45) is 11.3. The minimum atomic E-state index is -0.775. The fraction of sp³-hybridized carbons (Fsp3) is 0.364. The number of ketones is 1. The maximum absolute atomic E-state index is 12.0. The van der Waals surface area contributed by atoms with E-state index in [1.807, 2.05) is 48.6 Å². The Labute approximate surface area is 159 Å². The van der Waals surface area contributed by atoms with E-state index in [4.69, 9.17) is 9.84 Å². The molecular weight excluding hydrogens is 344 g/mol. The van der Waals surface area contributed by atoms with E-state index in [9.17, 15) is 14.7 Å². The summed E-state index contributed by atoms with van der Waals surface area (Å²) in [6, 6.07) is 9.28. The molecule has 144 valence electrons. The van der Waals surface area contributed by atoms with Crippen molar-refractivity contribution in [3.05, 3.63) is 66.3 Å². The van der Waals surface area contributed by atoms with E-state index in [-0.39, 0.29) is 24.7 Å². The third-order valence-electron chi connectivity index (χ3n) is 4.26. The number of unbranched alkanes of at least 4 members (excludes halogenated alkanes) is 3. The summed E-state index contributed by atoms with van der Waals surface area (Å²) in [5, 5.41) is 18.7. The molecule has 0 radical (unpaired) electrons. The molecule has 5 nitrogen and oxygen atoms in total. The zero-order valence-corrected chi connectivity index (χ0v) is 15.3. The van der Waals surface area contributed by atoms with Crippen molar-refractivity contribution in [2.75, 3.05) is 6.61 Å². The fourth-order valence-corrected chi connectivity index (χ4v) is 2.82. The summed E-state index contributed by atoms with van der Waals surface area (Å²) >= 11 is 0. The average Bonchev–Trinajstić information content (AvgIpc) is 3.01. The maximum atomic E-state index is 12.0. The number of hydrogen-bond acceptors (Lipinski definition) is 4. The van der Waals surface area contributed by atoms with E-state index in [0.29, 0.717) is 17.7 Å². The number of ether oxygens (including phenoxy) is 1. The second-order valence-corrected chi connectivity index (χ2v) is 6.48. The number of carbonyl (C=O) groups excluding carboxylic acids is 1. The molecule has 5 heteroatoms. The van der Waals surface area contributed by atoms with Gasteiger partial charge in [0.05, 0.1) is 0 Å². The van der Waals surface area contributed by atoms with Crippen LogP contribution in [0.25, 0.3) is 0 Å². The molecule has 2 atom stereocenters. The number of hydrogen-bond donors (Lipinski definition) is 2. The smallest absolute Gasteiger partial charge is 0.303 e. The summed E-state index contributed by atoms with van der Waals surface area (Å²) in [7, 11) is 0. The highest BCUT2D eigenvalue weighted by Gasteiger charge is 2.20. The Morgan fingerprint density at radius 1 is 1.19 bits per heavy atom. The molecule has 0 amide bonds. The third-order valence-corrected chi connectivity index (χ3v) is 4.26. The Hall–Kier alpha value is -2.66. The summed E-state index contributed by atoms with van der Waals surface area (Å²) < 4.78 is 5.51. The van der Waals surface area contributed by atoms with Gasteiger partial charge in [-0.3, -0.25) is 9.59 Å². The Bertz CT molecular complexity index is 703. The van der Waals surface area contributed by atoms with Crippen molar-refractivity contribution >= 4 is 11.8 Å². The van der Waals surface area contributed by atoms with Crippen LogP contribution in [0.15, 0.2) is 66.3 Å². The highest BCUT2D eigenvalue weighted by Crippen LogP contribution is 2.24. The van der Waals surface area contributed by atoms with Crippen LogP contribution >= 0.6 is 0 Å². The minimum Gasteiger partial charge on any atom is -0.491 e. The van der Waals surface area contributed by atoms with Gasteiger partial charge in [-0.2, -0.15) is 0 Å². The lowest BCUT2D eigenvalue weighted by molar-refractivity contribution is -0.137. The molecular formula is C22H26O5. The first kappa shape index (κ1) is 20.6. The first-order valence-electron chi connectivity index (χ1n) is 9.25. The van der Waals surface area contributed by atoms with Crippen molar-refractivity contribution in [2.24, 2.45) is 5.92 Å². The molecule has 1 aliphatic rings. The van der Waals surface area contributed by atoms with Gasteiger partial charge in [-0.1, -0.05) is 48.9 Å². The molecule has 2 N–H and O–H groups in total. The van der Waals surface area contributed by atoms with Gasteiger partial charge in [-0.15, -0.1) is 0 Å². The molecule has 0 aromatic heterocycles. The van der Waals surface area contributed by atoms with Crippen LogP contribution in [0.2, 0.25) is 0 Å². The van der Waals surface area contributed by atoms with Gasteiger partial charge >= 0.3 is 5.97 Å². The Kier molecular flexibility index (Phi) is 8.52. The number of aliphatic carboxylic acids is 1. The molecule has 1 aliphatic carbocycles. The van der Waals surface area contributed by atoms with Gasteiger partial charge in [0.25, 0.3) is 0 Å². The van der Waals surface area contributed by atoms with Gasteiger partial charge in [0.15, 0.2) is 5.78 Å². The van der Waals surface area contributed by atoms with Crippen LogP contribution in [-0.2, 0) is 9.59 Å². The van der Waals surface area contributed by atoms with Gasteiger partial charge < -0.3 is 14.9 Å². The number of carbonyl (C=O) groups is 2. The van der Waals surface area contributed by atoms with E-state index in [2.05, 4.69) is 0 Å². The predicted molar refractivity (Wildman–Crippen MR) is 104 cm³/mol. The lowest BCUT2D eigenvalue weighted by Gasteiger charge is -2.10. The molecule has 0 saturated heterocycles. The average molecular weight is 370 g/mol. The zero-order valence-electron chi connectivity index (χ0n) is 15.3. The van der Waals surface area contributed by atoms with Crippen molar-refractivity contribution in [1.29, 1.82) is 0 Å². The quantitative estimate of drug-likeness (QED) is 0.352. The monoisotopic (exact) mass is 370 g/mol. The second-order valence-electron chi connectivity index (χ2n) is 6.48. The van der Waals surface area contributed by atoms with Crippen molar-refractivity contribution in [2.45, 2.75) is 38.2 Å². The van der Waals surface area contributed by atoms with Gasteiger partial charge in [-0.25, -0.2) is 0 Å². The van der Waals surface area contributed by atoms with Crippen LogP contribution in [0.3, 0.4) is 0 Å². The van der Waals surface area contributed by atoms with Gasteiger partial charge in [0, 0.05) is 17.9 Å². The summed E-state index contributed by atoms with van der Waals surface area (Å²) in [4.78, 5) is 22.5. The van der Waals surface area contributed by atoms with Crippen LogP contribution in [0, 0.1) is 5.92 Å². The number of allylic oxidation sites excluding steroid dienone is 5. The Morgan fingerprint density at radius 3 is 2.70 bits per heavy atom. The lowest BCUT2D eigenvalue weighted by atomic mass is 9.98. The molecule has 1 aromatic rings. The summed E-state index contributed by atoms with van der Waals surface area (Å²) in [6.45, 7) is 0.146. The number of carboxylic acid groups (broad SMARTS) is 1. The van der Waals surface area contributed by atoms with E-state index in [1.165, 1.54) is 0 Å². The van der Waals surface area contributed by atoms with E-state index in [0.717, 1.165) is 19.3 Å². The van der Waals surface area contributed by atoms with Crippen molar-refractivity contribution in [3.8, 4) is 5.75 Å². The lowest BCUT2D eigenvalue weighted by Crippen LogP contribution is -2.15. The molecule has 0 aliphatic heterocycles. The van der Waals surface area contributed by atoms with Gasteiger partial charge in [0.1, 0.15) is 18.5 Å². The molecule has 0 heterocycles. The number of para-hydroxylation sites is 1. The molecule has 1 aromatic carbocycles. The third kappa shape index (κ3) is 7.62. The minimum absolute atomic E-state index is 0.00906. The number of rotatable bonds is 11. The largest absolute Gasteiger partial charge is 0.491 e. The van der Waals surface area contributed by atoms with Crippen LogP contribution in [0.4, 0.5) is 0 Å². The standard InChI is InChI=1S/C22H26O5/c23-18(16-27-19-8-4-3-5-9-19)14-12-17-13-15-21(24)20(17)10-6-1-2-7-11-22(25)26/h3-5,8-10,12-15,17-18,23H,1-2,6-7,11,16H2,(H,25,26)/b14-12+,20-10-. The van der Waals surface area contributed by atoms with E-state index in [1.54, 1.807) is 12.2 Å². The Morgan fingerprint density at radius 2 is 1.96 bits per heavy atom. The zero-order chi connectivity index (χ0) is 19.5. The van der Waals surface area contributed by atoms with Gasteiger partial charge in [-0.05, 0) is 37.5 Å². The predicted octanol–water partition coefficient (Wildman–Crippen LogP) is 3.70. The van der Waals surface area contributed by atoms with Crippen LogP contribution in [-0.4, -0.2) is 34.7 Å². The van der Waals surface area contributed by atoms with Crippen LogP contribution < -0.4 is 4.74 Å². The molecule has 0 fully saturated rings. The van der Waals surface area contributed by atoms with Gasteiger partial charge in [0.2, 0.25) is 0 Å². The van der Waals surface area contributed by atoms with Crippen molar-refractivity contribution < 1.29 is 24.5 Å². The van der Waals surface area contributed by atoms with Crippen LogP contribution in [0.1, 0.15) is 32.1 Å². The SMILES string of the molecule is O=C(O)CCCCC/C=C1\C(=O)C=CC1/C=C/C(O)COc1ccccc1. The van der Waals surface area contributed by atoms with Crippen molar-refractivity contribution in [1.82, 2.24) is 0 Å². The fourth-order valence-electron chi connectivity index (χ4n) is 2.82. The highest BCUT2D eigenvalue weighted by molar-refractivity contribution is 6.07. The Balaban J connectivity index is 1.78. The molecule has 2 unspecified atom stereocenters.